The van der Waals surface area contributed by atoms with Gasteiger partial charge in [-0.1, -0.05) is 17.7 Å². The van der Waals surface area contributed by atoms with Crippen molar-refractivity contribution >= 4 is 45.1 Å². The zero-order valence-electron chi connectivity index (χ0n) is 9.15. The number of nitrogens with zero attached hydrogens (tertiary/aromatic N) is 1. The molecule has 18 heavy (non-hydrogen) atoms. The molecule has 1 aromatic heterocycles. The van der Waals surface area contributed by atoms with Gasteiger partial charge in [0.25, 0.3) is 0 Å². The van der Waals surface area contributed by atoms with E-state index in [2.05, 4.69) is 31.5 Å². The third-order valence-corrected chi connectivity index (χ3v) is 2.95. The van der Waals surface area contributed by atoms with E-state index in [1.807, 2.05) is 0 Å². The molecular formula is C12H9BrClN3O. The maximum Gasteiger partial charge on any atom is 0.324 e. The molecule has 1 aromatic carbocycles. The Balaban J connectivity index is 2.03. The van der Waals surface area contributed by atoms with Crippen LogP contribution in [-0.4, -0.2) is 11.0 Å². The second kappa shape index (κ2) is 5.84. The van der Waals surface area contributed by atoms with E-state index in [4.69, 9.17) is 11.6 Å². The van der Waals surface area contributed by atoms with Gasteiger partial charge in [0.05, 0.1) is 4.47 Å². The standard InChI is InChI=1S/C12H9BrClN3O/c13-10-5-2-6-15-11(10)17-12(18)16-9-4-1-3-8(14)7-9/h1-7H,(H2,15,16,17,18). The van der Waals surface area contributed by atoms with E-state index >= 15 is 0 Å². The Morgan fingerprint density at radius 1 is 1.22 bits per heavy atom. The average molecular weight is 327 g/mol. The summed E-state index contributed by atoms with van der Waals surface area (Å²) in [6.07, 6.45) is 1.60. The largest absolute Gasteiger partial charge is 0.324 e. The van der Waals surface area contributed by atoms with Gasteiger partial charge in [0.15, 0.2) is 0 Å². The fraction of sp³-hybridized carbons (Fsp3) is 0. The first-order chi connectivity index (χ1) is 8.65. The number of pyridine rings is 1. The van der Waals surface area contributed by atoms with Gasteiger partial charge in [-0.3, -0.25) is 5.32 Å². The lowest BCUT2D eigenvalue weighted by atomic mass is 10.3. The number of carbonyl (C=O) groups excluding carboxylic acids is 1. The van der Waals surface area contributed by atoms with Gasteiger partial charge in [-0.2, -0.15) is 0 Å². The van der Waals surface area contributed by atoms with Crippen LogP contribution in [0.15, 0.2) is 47.1 Å². The molecule has 6 heteroatoms. The van der Waals surface area contributed by atoms with Gasteiger partial charge in [-0.05, 0) is 46.3 Å². The highest BCUT2D eigenvalue weighted by Gasteiger charge is 2.06. The molecule has 0 saturated carbocycles. The number of anilines is 2. The van der Waals surface area contributed by atoms with Crippen LogP contribution < -0.4 is 10.6 Å². The molecule has 2 rings (SSSR count). The smallest absolute Gasteiger partial charge is 0.308 e. The quantitative estimate of drug-likeness (QED) is 0.871. The molecule has 0 aliphatic carbocycles. The van der Waals surface area contributed by atoms with Crippen LogP contribution in [0.5, 0.6) is 0 Å². The van der Waals surface area contributed by atoms with Gasteiger partial charge in [0.2, 0.25) is 0 Å². The predicted octanol–water partition coefficient (Wildman–Crippen LogP) is 4.14. The maximum atomic E-state index is 11.7. The number of urea groups is 1. The van der Waals surface area contributed by atoms with Crippen LogP contribution in [0.25, 0.3) is 0 Å². The number of aromatic nitrogens is 1. The molecule has 1 heterocycles. The van der Waals surface area contributed by atoms with Crippen LogP contribution in [0.3, 0.4) is 0 Å². The van der Waals surface area contributed by atoms with Crippen molar-refractivity contribution in [1.82, 2.24) is 4.98 Å². The summed E-state index contributed by atoms with van der Waals surface area (Å²) in [5.74, 6) is 0.456. The zero-order chi connectivity index (χ0) is 13.0. The molecule has 92 valence electrons. The summed E-state index contributed by atoms with van der Waals surface area (Å²) in [5.41, 5.74) is 0.618. The van der Waals surface area contributed by atoms with Crippen molar-refractivity contribution in [3.63, 3.8) is 0 Å². The number of amides is 2. The van der Waals surface area contributed by atoms with Crippen LogP contribution >= 0.6 is 27.5 Å². The first-order valence-corrected chi connectivity index (χ1v) is 6.26. The summed E-state index contributed by atoms with van der Waals surface area (Å²) >= 11 is 9.12. The van der Waals surface area contributed by atoms with E-state index in [9.17, 15) is 4.79 Å². The van der Waals surface area contributed by atoms with Crippen molar-refractivity contribution in [2.75, 3.05) is 10.6 Å². The minimum Gasteiger partial charge on any atom is -0.308 e. The van der Waals surface area contributed by atoms with E-state index in [1.165, 1.54) is 0 Å². The summed E-state index contributed by atoms with van der Waals surface area (Å²) in [4.78, 5) is 15.8. The number of nitrogens with one attached hydrogen (secondary N) is 2. The number of hydrogen-bond acceptors (Lipinski definition) is 2. The fourth-order valence-corrected chi connectivity index (χ4v) is 1.86. The van der Waals surface area contributed by atoms with E-state index in [0.29, 0.717) is 21.0 Å². The topological polar surface area (TPSA) is 54.0 Å². The fourth-order valence-electron chi connectivity index (χ4n) is 1.31. The lowest BCUT2D eigenvalue weighted by molar-refractivity contribution is 0.262. The Labute approximate surface area is 118 Å². The molecule has 0 spiro atoms. The minimum absolute atomic E-state index is 0.378. The molecule has 2 amide bonds. The van der Waals surface area contributed by atoms with Crippen molar-refractivity contribution in [3.05, 3.63) is 52.1 Å². The molecule has 2 N–H and O–H groups in total. The van der Waals surface area contributed by atoms with Crippen molar-refractivity contribution in [1.29, 1.82) is 0 Å². The molecule has 0 fully saturated rings. The van der Waals surface area contributed by atoms with Crippen LogP contribution in [0, 0.1) is 0 Å². The van der Waals surface area contributed by atoms with Crippen LogP contribution in [0.2, 0.25) is 5.02 Å². The van der Waals surface area contributed by atoms with E-state index in [0.717, 1.165) is 0 Å². The molecule has 4 nitrogen and oxygen atoms in total. The maximum absolute atomic E-state index is 11.7. The summed E-state index contributed by atoms with van der Waals surface area (Å²) in [5, 5.41) is 5.85. The van der Waals surface area contributed by atoms with Crippen molar-refractivity contribution in [2.45, 2.75) is 0 Å². The number of benzene rings is 1. The van der Waals surface area contributed by atoms with Crippen molar-refractivity contribution < 1.29 is 4.79 Å². The molecule has 0 saturated heterocycles. The van der Waals surface area contributed by atoms with E-state index < -0.39 is 0 Å². The number of halogens is 2. The first kappa shape index (κ1) is 12.9. The van der Waals surface area contributed by atoms with Gasteiger partial charge >= 0.3 is 6.03 Å². The highest BCUT2D eigenvalue weighted by atomic mass is 79.9. The summed E-state index contributed by atoms with van der Waals surface area (Å²) in [7, 11) is 0. The van der Waals surface area contributed by atoms with E-state index in [1.54, 1.807) is 42.6 Å². The lowest BCUT2D eigenvalue weighted by Gasteiger charge is -2.08. The Morgan fingerprint density at radius 3 is 2.78 bits per heavy atom. The predicted molar refractivity (Wildman–Crippen MR) is 76.0 cm³/mol. The molecule has 0 radical (unpaired) electrons. The Morgan fingerprint density at radius 2 is 2.06 bits per heavy atom. The molecule has 0 aliphatic rings. The highest BCUT2D eigenvalue weighted by molar-refractivity contribution is 9.10. The molecule has 0 atom stereocenters. The van der Waals surface area contributed by atoms with E-state index in [-0.39, 0.29) is 6.03 Å². The summed E-state index contributed by atoms with van der Waals surface area (Å²) < 4.78 is 0.714. The number of rotatable bonds is 2. The zero-order valence-corrected chi connectivity index (χ0v) is 11.5. The second-order valence-corrected chi connectivity index (χ2v) is 4.71. The van der Waals surface area contributed by atoms with Gasteiger partial charge in [0.1, 0.15) is 5.82 Å². The van der Waals surface area contributed by atoms with Gasteiger partial charge in [-0.15, -0.1) is 0 Å². The van der Waals surface area contributed by atoms with Crippen LogP contribution in [0.1, 0.15) is 0 Å². The van der Waals surface area contributed by atoms with Crippen LogP contribution in [-0.2, 0) is 0 Å². The Bertz CT molecular complexity index is 577. The van der Waals surface area contributed by atoms with Crippen molar-refractivity contribution in [3.8, 4) is 0 Å². The van der Waals surface area contributed by atoms with Crippen LogP contribution in [0.4, 0.5) is 16.3 Å². The molecule has 0 aliphatic heterocycles. The molecule has 2 aromatic rings. The molecule has 0 bridgehead atoms. The van der Waals surface area contributed by atoms with Crippen molar-refractivity contribution in [2.24, 2.45) is 0 Å². The minimum atomic E-state index is -0.378. The number of carbonyl (C=O) groups is 1. The first-order valence-electron chi connectivity index (χ1n) is 5.09. The normalized spacial score (nSPS) is 9.89. The van der Waals surface area contributed by atoms with Gasteiger partial charge in [0, 0.05) is 16.9 Å². The third-order valence-electron chi connectivity index (χ3n) is 2.07. The molecular weight excluding hydrogens is 318 g/mol. The third kappa shape index (κ3) is 3.45. The summed E-state index contributed by atoms with van der Waals surface area (Å²) in [6, 6.07) is 10.1. The highest BCUT2D eigenvalue weighted by Crippen LogP contribution is 2.19. The monoisotopic (exact) mass is 325 g/mol. The second-order valence-electron chi connectivity index (χ2n) is 3.42. The average Bonchev–Trinajstić information content (AvgIpc) is 2.32. The summed E-state index contributed by atoms with van der Waals surface area (Å²) in [6.45, 7) is 0. The number of hydrogen-bond donors (Lipinski definition) is 2. The lowest BCUT2D eigenvalue weighted by Crippen LogP contribution is -2.20. The van der Waals surface area contributed by atoms with Gasteiger partial charge in [-0.25, -0.2) is 9.78 Å². The molecule has 0 unspecified atom stereocenters. The SMILES string of the molecule is O=C(Nc1cccc(Cl)c1)Nc1ncccc1Br. The van der Waals surface area contributed by atoms with Gasteiger partial charge < -0.3 is 5.32 Å². The Kier molecular flexibility index (Phi) is 4.17. The Hall–Kier alpha value is -1.59.